The van der Waals surface area contributed by atoms with Gasteiger partial charge in [0.2, 0.25) is 5.78 Å². The summed E-state index contributed by atoms with van der Waals surface area (Å²) in [5, 5.41) is 7.23. The molecule has 3 heterocycles. The summed E-state index contributed by atoms with van der Waals surface area (Å²) in [6.07, 6.45) is 0. The molecule has 37 heavy (non-hydrogen) atoms. The van der Waals surface area contributed by atoms with Gasteiger partial charge >= 0.3 is 0 Å². The molecule has 2 aromatic heterocycles. The maximum atomic E-state index is 13.8. The van der Waals surface area contributed by atoms with Crippen molar-refractivity contribution >= 4 is 45.0 Å². The van der Waals surface area contributed by atoms with Crippen molar-refractivity contribution in [2.75, 3.05) is 4.90 Å². The number of nitrogens with zero attached hydrogens (tertiary/aromatic N) is 3. The van der Waals surface area contributed by atoms with E-state index in [0.29, 0.717) is 17.0 Å². The third-order valence-corrected chi connectivity index (χ3v) is 6.59. The monoisotopic (exact) mass is 483 g/mol. The van der Waals surface area contributed by atoms with Gasteiger partial charge in [0, 0.05) is 5.39 Å². The summed E-state index contributed by atoms with van der Waals surface area (Å²) in [5.74, 6) is -1.66. The lowest BCUT2D eigenvalue weighted by Gasteiger charge is -2.14. The van der Waals surface area contributed by atoms with Crippen molar-refractivity contribution in [2.24, 2.45) is 0 Å². The smallest absolute Gasteiger partial charge is 0.284 e. The number of fused-ring (bicyclic) bond motifs is 4. The molecular weight excluding hydrogens is 466 g/mol. The van der Waals surface area contributed by atoms with E-state index in [1.807, 2.05) is 42.5 Å². The molecule has 7 nitrogen and oxygen atoms in total. The lowest BCUT2D eigenvalue weighted by molar-refractivity contribution is 0.0914. The van der Waals surface area contributed by atoms with Crippen molar-refractivity contribution in [1.29, 1.82) is 0 Å². The summed E-state index contributed by atoms with van der Waals surface area (Å²) in [6, 6.07) is 30.8. The van der Waals surface area contributed by atoms with Crippen LogP contribution >= 0.6 is 0 Å². The molecule has 0 bridgehead atoms. The van der Waals surface area contributed by atoms with Gasteiger partial charge in [0.1, 0.15) is 16.8 Å². The molecule has 0 N–H and O–H groups in total. The van der Waals surface area contributed by atoms with Crippen LogP contribution < -0.4 is 4.90 Å². The molecule has 0 spiro atoms. The Hall–Kier alpha value is -5.30. The zero-order valence-corrected chi connectivity index (χ0v) is 19.3. The van der Waals surface area contributed by atoms with Gasteiger partial charge in [-0.3, -0.25) is 14.4 Å². The minimum Gasteiger partial charge on any atom is -0.452 e. The molecule has 0 aliphatic carbocycles. The molecule has 0 fully saturated rings. The second-order valence-corrected chi connectivity index (χ2v) is 8.74. The number of rotatable bonds is 4. The summed E-state index contributed by atoms with van der Waals surface area (Å²) in [5.41, 5.74) is 1.41. The third kappa shape index (κ3) is 3.07. The van der Waals surface area contributed by atoms with Crippen LogP contribution in [0.1, 0.15) is 37.1 Å². The van der Waals surface area contributed by atoms with Gasteiger partial charge in [0.25, 0.3) is 11.8 Å². The van der Waals surface area contributed by atoms with E-state index in [0.717, 1.165) is 21.1 Å². The molecule has 6 aromatic rings. The Labute approximate surface area is 210 Å². The summed E-state index contributed by atoms with van der Waals surface area (Å²) < 4.78 is 7.30. The summed E-state index contributed by atoms with van der Waals surface area (Å²) >= 11 is 0. The Balaban J connectivity index is 1.42. The SMILES string of the molecule is O=C(c1cc2c(ccc3ccccc32)o1)c1nn(-c2ccccc2)c2c1C(=O)N(c1ccccc1)C2=O. The Bertz CT molecular complexity index is 1880. The topological polar surface area (TPSA) is 85.4 Å². The van der Waals surface area contributed by atoms with Gasteiger partial charge in [-0.15, -0.1) is 0 Å². The summed E-state index contributed by atoms with van der Waals surface area (Å²) in [4.78, 5) is 42.1. The second-order valence-electron chi connectivity index (χ2n) is 8.74. The fourth-order valence-electron chi connectivity index (χ4n) is 4.88. The molecule has 1 aliphatic heterocycles. The van der Waals surface area contributed by atoms with Crippen molar-refractivity contribution < 1.29 is 18.8 Å². The van der Waals surface area contributed by atoms with E-state index in [1.165, 1.54) is 4.68 Å². The van der Waals surface area contributed by atoms with Crippen LogP contribution in [0.4, 0.5) is 5.69 Å². The number of imide groups is 1. The Morgan fingerprint density at radius 2 is 1.38 bits per heavy atom. The van der Waals surface area contributed by atoms with Crippen LogP contribution in [0.3, 0.4) is 0 Å². The number of hydrogen-bond donors (Lipinski definition) is 0. The van der Waals surface area contributed by atoms with Gasteiger partial charge in [-0.05, 0) is 47.2 Å². The van der Waals surface area contributed by atoms with Crippen molar-refractivity contribution in [1.82, 2.24) is 9.78 Å². The number of ketones is 1. The zero-order chi connectivity index (χ0) is 25.1. The molecule has 7 rings (SSSR count). The van der Waals surface area contributed by atoms with Gasteiger partial charge in [0.15, 0.2) is 11.5 Å². The number of anilines is 1. The fraction of sp³-hybridized carbons (Fsp3) is 0. The quantitative estimate of drug-likeness (QED) is 0.234. The van der Waals surface area contributed by atoms with Crippen molar-refractivity contribution in [2.45, 2.75) is 0 Å². The highest BCUT2D eigenvalue weighted by Gasteiger charge is 2.45. The molecule has 0 saturated carbocycles. The van der Waals surface area contributed by atoms with Crippen molar-refractivity contribution in [3.8, 4) is 5.69 Å². The predicted octanol–water partition coefficient (Wildman–Crippen LogP) is 5.80. The number of amides is 2. The number of aromatic nitrogens is 2. The molecule has 0 atom stereocenters. The molecule has 0 radical (unpaired) electrons. The molecule has 2 amide bonds. The maximum Gasteiger partial charge on any atom is 0.284 e. The summed E-state index contributed by atoms with van der Waals surface area (Å²) in [6.45, 7) is 0. The molecule has 4 aromatic carbocycles. The van der Waals surface area contributed by atoms with E-state index in [-0.39, 0.29) is 22.7 Å². The lowest BCUT2D eigenvalue weighted by atomic mass is 10.1. The van der Waals surface area contributed by atoms with E-state index < -0.39 is 17.6 Å². The minimum absolute atomic E-state index is 0.0342. The standard InChI is InChI=1S/C30H17N3O4/c34-28(24-17-22-21-14-8-7-9-18(21)15-16-23(22)37-24)26-25-27(33(31-26)20-12-5-2-6-13-20)30(36)32(29(25)35)19-10-3-1-4-11-19/h1-17H. The number of furan rings is 1. The first-order chi connectivity index (χ1) is 18.1. The van der Waals surface area contributed by atoms with Crippen LogP contribution in [0, 0.1) is 0 Å². The molecule has 0 unspecified atom stereocenters. The van der Waals surface area contributed by atoms with Crippen LogP contribution in [-0.2, 0) is 0 Å². The Morgan fingerprint density at radius 1 is 0.703 bits per heavy atom. The predicted molar refractivity (Wildman–Crippen MR) is 138 cm³/mol. The zero-order valence-electron chi connectivity index (χ0n) is 19.3. The average Bonchev–Trinajstić information content (AvgIpc) is 3.62. The molecule has 176 valence electrons. The van der Waals surface area contributed by atoms with Crippen LogP contribution in [0.15, 0.2) is 108 Å². The molecule has 7 heteroatoms. The van der Waals surface area contributed by atoms with E-state index in [9.17, 15) is 14.4 Å². The maximum absolute atomic E-state index is 13.8. The highest BCUT2D eigenvalue weighted by Crippen LogP contribution is 2.34. The van der Waals surface area contributed by atoms with Gasteiger partial charge in [-0.2, -0.15) is 5.10 Å². The van der Waals surface area contributed by atoms with Gasteiger partial charge in [0.05, 0.1) is 11.4 Å². The van der Waals surface area contributed by atoms with Crippen LogP contribution in [0.2, 0.25) is 0 Å². The van der Waals surface area contributed by atoms with Gasteiger partial charge in [-0.1, -0.05) is 66.7 Å². The van der Waals surface area contributed by atoms with E-state index >= 15 is 0 Å². The largest absolute Gasteiger partial charge is 0.452 e. The van der Waals surface area contributed by atoms with Crippen molar-refractivity contribution in [3.63, 3.8) is 0 Å². The minimum atomic E-state index is -0.599. The lowest BCUT2D eigenvalue weighted by Crippen LogP contribution is -2.31. The van der Waals surface area contributed by atoms with Gasteiger partial charge in [-0.25, -0.2) is 9.58 Å². The van der Waals surface area contributed by atoms with Crippen LogP contribution in [0.5, 0.6) is 0 Å². The normalized spacial score (nSPS) is 13.0. The molecule has 1 aliphatic rings. The van der Waals surface area contributed by atoms with E-state index in [4.69, 9.17) is 4.42 Å². The van der Waals surface area contributed by atoms with E-state index in [2.05, 4.69) is 5.10 Å². The summed E-state index contributed by atoms with van der Waals surface area (Å²) in [7, 11) is 0. The third-order valence-electron chi connectivity index (χ3n) is 6.59. The Morgan fingerprint density at radius 3 is 2.14 bits per heavy atom. The first kappa shape index (κ1) is 21.0. The fourth-order valence-corrected chi connectivity index (χ4v) is 4.88. The highest BCUT2D eigenvalue weighted by atomic mass is 16.3. The number of hydrogen-bond acceptors (Lipinski definition) is 5. The first-order valence-electron chi connectivity index (χ1n) is 11.7. The number of carbonyl (C=O) groups is 3. The first-order valence-corrected chi connectivity index (χ1v) is 11.7. The van der Waals surface area contributed by atoms with Crippen LogP contribution in [0.25, 0.3) is 27.4 Å². The Kier molecular flexibility index (Phi) is 4.47. The van der Waals surface area contributed by atoms with Crippen molar-refractivity contribution in [3.05, 3.63) is 126 Å². The average molecular weight is 483 g/mol. The number of carbonyl (C=O) groups excluding carboxylic acids is 3. The number of para-hydroxylation sites is 2. The van der Waals surface area contributed by atoms with Crippen LogP contribution in [-0.4, -0.2) is 27.4 Å². The molecule has 0 saturated heterocycles. The van der Waals surface area contributed by atoms with Gasteiger partial charge < -0.3 is 4.42 Å². The van der Waals surface area contributed by atoms with E-state index in [1.54, 1.807) is 60.7 Å². The second kappa shape index (κ2) is 7.86. The highest BCUT2D eigenvalue weighted by molar-refractivity contribution is 6.36. The number of benzene rings is 4. The molecular formula is C30H17N3O4.